The smallest absolute Gasteiger partial charge is 0.109 e. The molecule has 0 spiro atoms. The van der Waals surface area contributed by atoms with Gasteiger partial charge in [0.1, 0.15) is 5.69 Å². The summed E-state index contributed by atoms with van der Waals surface area (Å²) in [5, 5.41) is 0. The van der Waals surface area contributed by atoms with Gasteiger partial charge in [0.25, 0.3) is 0 Å². The van der Waals surface area contributed by atoms with Gasteiger partial charge in [0.05, 0.1) is 11.4 Å². The molecule has 0 aliphatic rings. The Morgan fingerprint density at radius 1 is 1.58 bits per heavy atom. The highest BCUT2D eigenvalue weighted by Gasteiger charge is 2.02. The Morgan fingerprint density at radius 3 is 2.92 bits per heavy atom. The fraction of sp³-hybridized carbons (Fsp3) is 0.222. The van der Waals surface area contributed by atoms with E-state index in [1.165, 1.54) is 0 Å². The Morgan fingerprint density at radius 2 is 2.33 bits per heavy atom. The zero-order valence-corrected chi connectivity index (χ0v) is 7.28. The molecule has 0 aliphatic carbocycles. The number of pyridine rings is 1. The van der Waals surface area contributed by atoms with Crippen LogP contribution in [-0.2, 0) is 0 Å². The predicted octanol–water partition coefficient (Wildman–Crippen LogP) is 1.85. The van der Waals surface area contributed by atoms with Crippen molar-refractivity contribution in [2.24, 2.45) is 9.98 Å². The summed E-state index contributed by atoms with van der Waals surface area (Å²) in [7, 11) is 1.73. The summed E-state index contributed by atoms with van der Waals surface area (Å²) in [6.45, 7) is 5.36. The monoisotopic (exact) mass is 161 g/mol. The van der Waals surface area contributed by atoms with E-state index >= 15 is 0 Å². The van der Waals surface area contributed by atoms with E-state index in [2.05, 4.69) is 21.7 Å². The summed E-state index contributed by atoms with van der Waals surface area (Å²) in [5.41, 5.74) is 2.45. The molecular weight excluding hydrogens is 150 g/mol. The van der Waals surface area contributed by atoms with E-state index in [0.29, 0.717) is 0 Å². The van der Waals surface area contributed by atoms with Crippen molar-refractivity contribution in [2.75, 3.05) is 7.05 Å². The van der Waals surface area contributed by atoms with Crippen LogP contribution in [0.1, 0.15) is 12.6 Å². The highest BCUT2D eigenvalue weighted by molar-refractivity contribution is 6.01. The fourth-order valence-electron chi connectivity index (χ4n) is 0.909. The molecule has 0 amide bonds. The first-order valence-electron chi connectivity index (χ1n) is 3.65. The third-order valence-corrected chi connectivity index (χ3v) is 1.63. The van der Waals surface area contributed by atoms with Crippen molar-refractivity contribution in [2.45, 2.75) is 6.92 Å². The van der Waals surface area contributed by atoms with Gasteiger partial charge in [-0.2, -0.15) is 0 Å². The molecule has 0 N–H and O–H groups in total. The van der Waals surface area contributed by atoms with Crippen LogP contribution in [0.25, 0.3) is 0 Å². The van der Waals surface area contributed by atoms with Crippen molar-refractivity contribution in [3.63, 3.8) is 0 Å². The Bertz CT molecular complexity index is 315. The lowest BCUT2D eigenvalue weighted by molar-refractivity contribution is 1.25. The third kappa shape index (κ3) is 1.56. The number of hydrogen-bond acceptors (Lipinski definition) is 3. The molecule has 1 heterocycles. The largest absolute Gasteiger partial charge is 0.291 e. The van der Waals surface area contributed by atoms with Crippen molar-refractivity contribution in [3.05, 3.63) is 24.0 Å². The molecule has 62 valence electrons. The van der Waals surface area contributed by atoms with E-state index in [1.54, 1.807) is 13.2 Å². The van der Waals surface area contributed by atoms with Crippen LogP contribution < -0.4 is 0 Å². The van der Waals surface area contributed by atoms with Gasteiger partial charge < -0.3 is 0 Å². The normalized spacial score (nSPS) is 11.3. The SMILES string of the molecule is C=Nc1cccnc1C(C)=NC. The van der Waals surface area contributed by atoms with E-state index in [4.69, 9.17) is 0 Å². The van der Waals surface area contributed by atoms with Gasteiger partial charge in [-0.25, -0.2) is 0 Å². The molecule has 3 heteroatoms. The fourth-order valence-corrected chi connectivity index (χ4v) is 0.909. The van der Waals surface area contributed by atoms with Gasteiger partial charge in [-0.1, -0.05) is 0 Å². The van der Waals surface area contributed by atoms with Gasteiger partial charge in [-0.05, 0) is 25.8 Å². The second-order valence-electron chi connectivity index (χ2n) is 2.34. The molecule has 0 atom stereocenters. The summed E-state index contributed by atoms with van der Waals surface area (Å²) in [6, 6.07) is 3.69. The highest BCUT2D eigenvalue weighted by atomic mass is 14.8. The van der Waals surface area contributed by atoms with Gasteiger partial charge in [0.2, 0.25) is 0 Å². The van der Waals surface area contributed by atoms with E-state index in [1.807, 2.05) is 19.1 Å². The summed E-state index contributed by atoms with van der Waals surface area (Å²) in [4.78, 5) is 12.0. The van der Waals surface area contributed by atoms with Crippen LogP contribution in [0.15, 0.2) is 28.3 Å². The van der Waals surface area contributed by atoms with Crippen LogP contribution >= 0.6 is 0 Å². The van der Waals surface area contributed by atoms with Gasteiger partial charge in [-0.3, -0.25) is 15.0 Å². The molecule has 0 bridgehead atoms. The van der Waals surface area contributed by atoms with Crippen LogP contribution in [0.4, 0.5) is 5.69 Å². The standard InChI is InChI=1S/C9H11N3/c1-7(10-2)9-8(11-3)5-4-6-12-9/h4-6H,3H2,1-2H3. The molecule has 0 saturated heterocycles. The first-order valence-corrected chi connectivity index (χ1v) is 3.65. The molecule has 0 aliphatic heterocycles. The van der Waals surface area contributed by atoms with Crippen molar-refractivity contribution in [3.8, 4) is 0 Å². The first-order chi connectivity index (χ1) is 5.79. The lowest BCUT2D eigenvalue weighted by atomic mass is 10.2. The molecule has 12 heavy (non-hydrogen) atoms. The zero-order chi connectivity index (χ0) is 8.97. The van der Waals surface area contributed by atoms with Crippen molar-refractivity contribution >= 4 is 18.1 Å². The van der Waals surface area contributed by atoms with Gasteiger partial charge in [-0.15, -0.1) is 0 Å². The van der Waals surface area contributed by atoms with E-state index < -0.39 is 0 Å². The van der Waals surface area contributed by atoms with E-state index in [-0.39, 0.29) is 0 Å². The molecular formula is C9H11N3. The van der Waals surface area contributed by atoms with Gasteiger partial charge in [0, 0.05) is 13.2 Å². The van der Waals surface area contributed by atoms with Crippen molar-refractivity contribution in [1.82, 2.24) is 4.98 Å². The van der Waals surface area contributed by atoms with Gasteiger partial charge >= 0.3 is 0 Å². The molecule has 1 aromatic heterocycles. The second-order valence-corrected chi connectivity index (χ2v) is 2.34. The number of aliphatic imine (C=N–C) groups is 2. The summed E-state index contributed by atoms with van der Waals surface area (Å²) >= 11 is 0. The molecule has 0 unspecified atom stereocenters. The number of nitrogens with zero attached hydrogens (tertiary/aromatic N) is 3. The molecule has 0 fully saturated rings. The third-order valence-electron chi connectivity index (χ3n) is 1.63. The lowest BCUT2D eigenvalue weighted by Gasteiger charge is -2.01. The zero-order valence-electron chi connectivity index (χ0n) is 7.28. The van der Waals surface area contributed by atoms with Crippen molar-refractivity contribution in [1.29, 1.82) is 0 Å². The van der Waals surface area contributed by atoms with Crippen molar-refractivity contribution < 1.29 is 0 Å². The summed E-state index contributed by atoms with van der Waals surface area (Å²) in [6.07, 6.45) is 1.72. The Kier molecular flexibility index (Phi) is 2.69. The molecule has 1 rings (SSSR count). The number of aromatic nitrogens is 1. The second kappa shape index (κ2) is 3.76. The van der Waals surface area contributed by atoms with E-state index in [0.717, 1.165) is 17.1 Å². The minimum Gasteiger partial charge on any atom is -0.291 e. The lowest BCUT2D eigenvalue weighted by Crippen LogP contribution is -1.97. The Labute approximate surface area is 71.9 Å². The predicted molar refractivity (Wildman–Crippen MR) is 51.6 cm³/mol. The molecule has 1 aromatic rings. The maximum Gasteiger partial charge on any atom is 0.109 e. The molecule has 3 nitrogen and oxygen atoms in total. The van der Waals surface area contributed by atoms with Crippen LogP contribution in [0.3, 0.4) is 0 Å². The number of rotatable bonds is 2. The van der Waals surface area contributed by atoms with Gasteiger partial charge in [0.15, 0.2) is 0 Å². The Hall–Kier alpha value is -1.51. The quantitative estimate of drug-likeness (QED) is 0.610. The summed E-state index contributed by atoms with van der Waals surface area (Å²) in [5.74, 6) is 0. The number of hydrogen-bond donors (Lipinski definition) is 0. The average Bonchev–Trinajstić information content (AvgIpc) is 2.16. The Balaban J connectivity index is 3.22. The highest BCUT2D eigenvalue weighted by Crippen LogP contribution is 2.15. The van der Waals surface area contributed by atoms with Crippen LogP contribution in [0, 0.1) is 0 Å². The molecule has 0 saturated carbocycles. The van der Waals surface area contributed by atoms with E-state index in [9.17, 15) is 0 Å². The van der Waals surface area contributed by atoms with Crippen LogP contribution in [-0.4, -0.2) is 24.5 Å². The molecule has 0 radical (unpaired) electrons. The van der Waals surface area contributed by atoms with Crippen LogP contribution in [0.5, 0.6) is 0 Å². The van der Waals surface area contributed by atoms with Crippen LogP contribution in [0.2, 0.25) is 0 Å². The first kappa shape index (κ1) is 8.59. The average molecular weight is 161 g/mol. The minimum atomic E-state index is 0.778. The minimum absolute atomic E-state index is 0.778. The maximum atomic E-state index is 4.16. The summed E-state index contributed by atoms with van der Waals surface area (Å²) < 4.78 is 0. The topological polar surface area (TPSA) is 37.6 Å². The maximum absolute atomic E-state index is 4.16. The molecule has 0 aromatic carbocycles.